The zero-order valence-electron chi connectivity index (χ0n) is 11.4. The van der Waals surface area contributed by atoms with Crippen molar-refractivity contribution in [3.63, 3.8) is 0 Å². The predicted octanol–water partition coefficient (Wildman–Crippen LogP) is 1.06. The van der Waals surface area contributed by atoms with Crippen molar-refractivity contribution in [3.05, 3.63) is 18.2 Å². The fourth-order valence-electron chi connectivity index (χ4n) is 1.50. The number of aromatic nitrogens is 2. The van der Waals surface area contributed by atoms with Crippen molar-refractivity contribution in [1.82, 2.24) is 14.9 Å². The molecule has 1 aromatic rings. The van der Waals surface area contributed by atoms with Crippen LogP contribution < -0.4 is 5.32 Å². The summed E-state index contributed by atoms with van der Waals surface area (Å²) in [5, 5.41) is 3.30. The molecule has 0 bridgehead atoms. The van der Waals surface area contributed by atoms with Crippen molar-refractivity contribution in [3.8, 4) is 0 Å². The maximum Gasteiger partial charge on any atom is 0.151 e. The molecule has 0 saturated carbocycles. The van der Waals surface area contributed by atoms with Gasteiger partial charge in [0.2, 0.25) is 0 Å². The molecule has 0 aliphatic rings. The van der Waals surface area contributed by atoms with Gasteiger partial charge in [-0.05, 0) is 12.5 Å². The van der Waals surface area contributed by atoms with Crippen molar-refractivity contribution in [2.75, 3.05) is 18.1 Å². The van der Waals surface area contributed by atoms with E-state index in [1.807, 2.05) is 10.8 Å². The molecular formula is C12H23N3O2S. The number of sulfone groups is 1. The molecule has 0 fully saturated rings. The molecule has 0 amide bonds. The van der Waals surface area contributed by atoms with Gasteiger partial charge in [-0.1, -0.05) is 20.8 Å². The summed E-state index contributed by atoms with van der Waals surface area (Å²) in [6.45, 7) is 8.14. The molecule has 0 saturated heterocycles. The van der Waals surface area contributed by atoms with Crippen molar-refractivity contribution in [2.24, 2.45) is 5.92 Å². The van der Waals surface area contributed by atoms with Gasteiger partial charge in [0.25, 0.3) is 0 Å². The molecule has 0 unspecified atom stereocenters. The molecule has 5 nitrogen and oxygen atoms in total. The Labute approximate surface area is 110 Å². The highest BCUT2D eigenvalue weighted by molar-refractivity contribution is 7.91. The van der Waals surface area contributed by atoms with E-state index in [1.54, 1.807) is 13.3 Å². The van der Waals surface area contributed by atoms with Crippen LogP contribution in [0.15, 0.2) is 12.5 Å². The summed E-state index contributed by atoms with van der Waals surface area (Å²) >= 11 is 0. The third kappa shape index (κ3) is 5.64. The molecule has 0 aromatic carbocycles. The largest absolute Gasteiger partial charge is 0.336 e. The Morgan fingerprint density at radius 1 is 1.44 bits per heavy atom. The van der Waals surface area contributed by atoms with Crippen molar-refractivity contribution < 1.29 is 8.42 Å². The lowest BCUT2D eigenvalue weighted by atomic mass is 10.2. The molecule has 6 heteroatoms. The van der Waals surface area contributed by atoms with Crippen LogP contribution in [0.4, 0.5) is 0 Å². The second-order valence-electron chi connectivity index (χ2n) is 4.86. The second kappa shape index (κ2) is 6.89. The van der Waals surface area contributed by atoms with E-state index in [9.17, 15) is 8.42 Å². The Kier molecular flexibility index (Phi) is 5.81. The van der Waals surface area contributed by atoms with Crippen LogP contribution in [0.3, 0.4) is 0 Å². The van der Waals surface area contributed by atoms with E-state index in [4.69, 9.17) is 0 Å². The predicted molar refractivity (Wildman–Crippen MR) is 73.1 cm³/mol. The molecule has 104 valence electrons. The monoisotopic (exact) mass is 273 g/mol. The molecule has 0 atom stereocenters. The van der Waals surface area contributed by atoms with Gasteiger partial charge < -0.3 is 9.88 Å². The van der Waals surface area contributed by atoms with Crippen LogP contribution in [-0.2, 0) is 22.9 Å². The molecule has 1 heterocycles. The highest BCUT2D eigenvalue weighted by Crippen LogP contribution is 1.99. The number of aryl methyl sites for hydroxylation is 1. The molecule has 18 heavy (non-hydrogen) atoms. The van der Waals surface area contributed by atoms with Crippen LogP contribution in [0, 0.1) is 5.92 Å². The van der Waals surface area contributed by atoms with Crippen molar-refractivity contribution in [2.45, 2.75) is 33.9 Å². The fraction of sp³-hybridized carbons (Fsp3) is 0.750. The number of rotatable bonds is 8. The lowest BCUT2D eigenvalue weighted by Gasteiger charge is -2.05. The first kappa shape index (κ1) is 15.2. The minimum Gasteiger partial charge on any atom is -0.336 e. The van der Waals surface area contributed by atoms with Gasteiger partial charge in [-0.3, -0.25) is 0 Å². The quantitative estimate of drug-likeness (QED) is 0.769. The summed E-state index contributed by atoms with van der Waals surface area (Å²) in [5.41, 5.74) is 0.949. The molecule has 0 radical (unpaired) electrons. The van der Waals surface area contributed by atoms with E-state index in [0.29, 0.717) is 12.5 Å². The fourth-order valence-corrected chi connectivity index (χ4v) is 2.28. The molecule has 1 N–H and O–H groups in total. The highest BCUT2D eigenvalue weighted by Gasteiger charge is 2.07. The Bertz CT molecular complexity index is 452. The van der Waals surface area contributed by atoms with E-state index in [2.05, 4.69) is 24.1 Å². The van der Waals surface area contributed by atoms with E-state index in [-0.39, 0.29) is 11.5 Å². The third-order valence-electron chi connectivity index (χ3n) is 2.65. The van der Waals surface area contributed by atoms with Gasteiger partial charge in [0.15, 0.2) is 9.84 Å². The Morgan fingerprint density at radius 2 is 2.17 bits per heavy atom. The zero-order valence-corrected chi connectivity index (χ0v) is 12.2. The average Bonchev–Trinajstić information content (AvgIpc) is 2.74. The number of nitrogens with zero attached hydrogens (tertiary/aromatic N) is 2. The summed E-state index contributed by atoms with van der Waals surface area (Å²) in [6.07, 6.45) is 3.59. The minimum absolute atomic E-state index is 0.179. The van der Waals surface area contributed by atoms with Crippen LogP contribution in [0.1, 0.15) is 26.5 Å². The summed E-state index contributed by atoms with van der Waals surface area (Å²) in [6, 6.07) is 0. The smallest absolute Gasteiger partial charge is 0.151 e. The number of hydrogen-bond acceptors (Lipinski definition) is 4. The van der Waals surface area contributed by atoms with Gasteiger partial charge in [-0.15, -0.1) is 0 Å². The van der Waals surface area contributed by atoms with Crippen LogP contribution >= 0.6 is 0 Å². The van der Waals surface area contributed by atoms with Crippen LogP contribution in [0.5, 0.6) is 0 Å². The SMILES string of the molecule is CCS(=O)(=O)CCn1cnc(CNCC(C)C)c1. The second-order valence-corrected chi connectivity index (χ2v) is 7.34. The van der Waals surface area contributed by atoms with E-state index >= 15 is 0 Å². The number of imidazole rings is 1. The van der Waals surface area contributed by atoms with Crippen molar-refractivity contribution >= 4 is 9.84 Å². The third-order valence-corrected chi connectivity index (χ3v) is 4.33. The topological polar surface area (TPSA) is 64.0 Å². The minimum atomic E-state index is -2.90. The van der Waals surface area contributed by atoms with Gasteiger partial charge in [-0.25, -0.2) is 13.4 Å². The van der Waals surface area contributed by atoms with Gasteiger partial charge in [-0.2, -0.15) is 0 Å². The lowest BCUT2D eigenvalue weighted by Crippen LogP contribution is -2.19. The van der Waals surface area contributed by atoms with Gasteiger partial charge in [0.05, 0.1) is 17.8 Å². The molecule has 1 aromatic heterocycles. The number of nitrogens with one attached hydrogen (secondary N) is 1. The summed E-state index contributed by atoms with van der Waals surface area (Å²) in [5.74, 6) is 0.991. The average molecular weight is 273 g/mol. The molecule has 0 aliphatic carbocycles. The van der Waals surface area contributed by atoms with Crippen LogP contribution in [0.2, 0.25) is 0 Å². The Hall–Kier alpha value is -0.880. The van der Waals surface area contributed by atoms with Gasteiger partial charge >= 0.3 is 0 Å². The van der Waals surface area contributed by atoms with E-state index in [0.717, 1.165) is 18.8 Å². The molecule has 1 rings (SSSR count). The Morgan fingerprint density at radius 3 is 2.78 bits per heavy atom. The zero-order chi connectivity index (χ0) is 13.6. The first-order valence-corrected chi connectivity index (χ1v) is 8.17. The first-order valence-electron chi connectivity index (χ1n) is 6.34. The maximum absolute atomic E-state index is 11.4. The summed E-state index contributed by atoms with van der Waals surface area (Å²) < 4.78 is 24.6. The van der Waals surface area contributed by atoms with Gasteiger partial charge in [0, 0.05) is 25.0 Å². The summed E-state index contributed by atoms with van der Waals surface area (Å²) in [7, 11) is -2.90. The van der Waals surface area contributed by atoms with Crippen molar-refractivity contribution in [1.29, 1.82) is 0 Å². The molecular weight excluding hydrogens is 250 g/mol. The molecule has 0 aliphatic heterocycles. The normalized spacial score (nSPS) is 12.2. The summed E-state index contributed by atoms with van der Waals surface area (Å²) in [4.78, 5) is 4.25. The number of hydrogen-bond donors (Lipinski definition) is 1. The van der Waals surface area contributed by atoms with E-state index < -0.39 is 9.84 Å². The standard InChI is InChI=1S/C12H23N3O2S/c1-4-18(16,17)6-5-15-9-12(14-10-15)8-13-7-11(2)3/h9-11,13H,4-8H2,1-3H3. The highest BCUT2D eigenvalue weighted by atomic mass is 32.2. The molecule has 0 spiro atoms. The van der Waals surface area contributed by atoms with E-state index in [1.165, 1.54) is 0 Å². The lowest BCUT2D eigenvalue weighted by molar-refractivity contribution is 0.548. The van der Waals surface area contributed by atoms with Crippen LogP contribution in [-0.4, -0.2) is 36.0 Å². The van der Waals surface area contributed by atoms with Crippen LogP contribution in [0.25, 0.3) is 0 Å². The maximum atomic E-state index is 11.4. The Balaban J connectivity index is 2.39. The van der Waals surface area contributed by atoms with Gasteiger partial charge in [0.1, 0.15) is 0 Å². The first-order chi connectivity index (χ1) is 8.43.